The van der Waals surface area contributed by atoms with Crippen molar-refractivity contribution >= 4 is 29.1 Å². The molecule has 0 spiro atoms. The third-order valence-electron chi connectivity index (χ3n) is 3.68. The average Bonchev–Trinajstić information content (AvgIpc) is 2.51. The first kappa shape index (κ1) is 25.0. The summed E-state index contributed by atoms with van der Waals surface area (Å²) in [6, 6.07) is 0. The van der Waals surface area contributed by atoms with E-state index in [-0.39, 0.29) is 11.2 Å². The zero-order valence-corrected chi connectivity index (χ0v) is 16.5. The summed E-state index contributed by atoms with van der Waals surface area (Å²) < 4.78 is 0. The molecule has 0 aliphatic carbocycles. The number of carbonyl (C=O) groups is 1. The zero-order valence-electron chi connectivity index (χ0n) is 15.0. The maximum absolute atomic E-state index is 10.5. The smallest absolute Gasteiger partial charge is 0.217 e. The number of unbranched alkanes of at least 4 members (excludes halogenated alkanes) is 11. The van der Waals surface area contributed by atoms with Crippen LogP contribution in [0.25, 0.3) is 0 Å². The highest BCUT2D eigenvalue weighted by atomic mass is 35.5. The van der Waals surface area contributed by atoms with E-state index in [1.165, 1.54) is 70.6 Å². The molecule has 23 heavy (non-hydrogen) atoms. The molecule has 1 amide bonds. The number of carbonyl (C=O) groups excluding carboxylic acids is 1. The summed E-state index contributed by atoms with van der Waals surface area (Å²) in [5, 5.41) is 0.194. The number of hydrogen-bond acceptors (Lipinski definition) is 1. The Hall–Kier alpha value is -0.210. The van der Waals surface area contributed by atoms with Crippen LogP contribution in [0.2, 0.25) is 0 Å². The van der Waals surface area contributed by atoms with E-state index < -0.39 is 0 Å². The van der Waals surface area contributed by atoms with Crippen molar-refractivity contribution in [3.63, 3.8) is 0 Å². The molecule has 0 bridgehead atoms. The Balaban J connectivity index is 0. The molecule has 0 aromatic rings. The first-order valence-corrected chi connectivity index (χ1v) is 10.3. The summed E-state index contributed by atoms with van der Waals surface area (Å²) >= 11 is 9.53. The first-order chi connectivity index (χ1) is 11.2. The fourth-order valence-corrected chi connectivity index (χ4v) is 2.37. The van der Waals surface area contributed by atoms with E-state index in [0.29, 0.717) is 6.42 Å². The normalized spacial score (nSPS) is 10.6. The number of halogens is 2. The van der Waals surface area contributed by atoms with Crippen molar-refractivity contribution < 1.29 is 4.79 Å². The minimum Gasteiger partial charge on any atom is -0.370 e. The molecule has 0 heterocycles. The third kappa shape index (κ3) is 30.3. The van der Waals surface area contributed by atoms with Crippen molar-refractivity contribution in [1.82, 2.24) is 0 Å². The van der Waals surface area contributed by atoms with Gasteiger partial charge in [0.15, 0.2) is 0 Å². The Bertz CT molecular complexity index is 258. The Labute approximate surface area is 154 Å². The van der Waals surface area contributed by atoms with E-state index >= 15 is 0 Å². The van der Waals surface area contributed by atoms with Gasteiger partial charge in [0, 0.05) is 6.42 Å². The second-order valence-corrected chi connectivity index (χ2v) is 6.71. The van der Waals surface area contributed by atoms with Gasteiger partial charge in [-0.05, 0) is 32.1 Å². The first-order valence-electron chi connectivity index (χ1n) is 9.24. The van der Waals surface area contributed by atoms with Gasteiger partial charge < -0.3 is 5.73 Å². The van der Waals surface area contributed by atoms with Gasteiger partial charge >= 0.3 is 0 Å². The minimum atomic E-state index is -0.164. The van der Waals surface area contributed by atoms with Crippen molar-refractivity contribution in [3.8, 4) is 0 Å². The molecular formula is C19H37Cl2NO. The summed E-state index contributed by atoms with van der Waals surface area (Å²) in [6.07, 6.45) is 21.9. The topological polar surface area (TPSA) is 43.1 Å². The van der Waals surface area contributed by atoms with Gasteiger partial charge in [0.2, 0.25) is 5.91 Å². The summed E-state index contributed by atoms with van der Waals surface area (Å²) in [6.45, 7) is 2.26. The summed E-state index contributed by atoms with van der Waals surface area (Å²) in [7, 11) is 0. The molecular weight excluding hydrogens is 329 g/mol. The van der Waals surface area contributed by atoms with Crippen LogP contribution >= 0.6 is 23.2 Å². The van der Waals surface area contributed by atoms with Crippen molar-refractivity contribution in [1.29, 1.82) is 0 Å². The molecule has 0 aliphatic rings. The standard InChI is InChI=1S/C18H35NO.CH2Cl2/c1-2-3-4-5-6-7-8-9-10-11-12-13-14-15-16-17-18(19)20;2-1-3/h9-10H,2-8,11-17H2,1H3,(H2,19,20);1H2/b10-9-;. The van der Waals surface area contributed by atoms with Crippen molar-refractivity contribution in [2.75, 3.05) is 5.34 Å². The lowest BCUT2D eigenvalue weighted by atomic mass is 10.1. The predicted octanol–water partition coefficient (Wildman–Crippen LogP) is 6.93. The average molecular weight is 366 g/mol. The number of alkyl halides is 2. The van der Waals surface area contributed by atoms with E-state index in [1.807, 2.05) is 0 Å². The Kier molecular flexibility index (Phi) is 26.2. The van der Waals surface area contributed by atoms with E-state index in [9.17, 15) is 4.79 Å². The Morgan fingerprint density at radius 1 is 0.783 bits per heavy atom. The van der Waals surface area contributed by atoms with Crippen LogP contribution in [-0.2, 0) is 4.79 Å². The molecule has 0 aliphatic heterocycles. The second kappa shape index (κ2) is 24.0. The number of amides is 1. The summed E-state index contributed by atoms with van der Waals surface area (Å²) in [4.78, 5) is 10.5. The molecule has 0 aromatic carbocycles. The second-order valence-electron chi connectivity index (χ2n) is 5.90. The van der Waals surface area contributed by atoms with Gasteiger partial charge in [-0.1, -0.05) is 70.4 Å². The monoisotopic (exact) mass is 365 g/mol. The van der Waals surface area contributed by atoms with Crippen LogP contribution in [0.15, 0.2) is 12.2 Å². The van der Waals surface area contributed by atoms with Crippen LogP contribution in [0.4, 0.5) is 0 Å². The highest BCUT2D eigenvalue weighted by molar-refractivity contribution is 6.40. The van der Waals surface area contributed by atoms with Crippen molar-refractivity contribution in [3.05, 3.63) is 12.2 Å². The van der Waals surface area contributed by atoms with E-state index in [1.54, 1.807) is 0 Å². The van der Waals surface area contributed by atoms with Gasteiger partial charge in [-0.25, -0.2) is 0 Å². The number of primary amides is 1. The van der Waals surface area contributed by atoms with Crippen molar-refractivity contribution in [2.45, 2.75) is 96.8 Å². The summed E-state index contributed by atoms with van der Waals surface area (Å²) in [5.74, 6) is -0.164. The molecule has 0 saturated carbocycles. The van der Waals surface area contributed by atoms with Crippen molar-refractivity contribution in [2.24, 2.45) is 5.73 Å². The van der Waals surface area contributed by atoms with Crippen LogP contribution in [-0.4, -0.2) is 11.2 Å². The molecule has 0 atom stereocenters. The largest absolute Gasteiger partial charge is 0.370 e. The maximum atomic E-state index is 10.5. The quantitative estimate of drug-likeness (QED) is 0.191. The van der Waals surface area contributed by atoms with Gasteiger partial charge in [-0.3, -0.25) is 4.79 Å². The van der Waals surface area contributed by atoms with Gasteiger partial charge in [-0.15, -0.1) is 23.2 Å². The molecule has 2 N–H and O–H groups in total. The lowest BCUT2D eigenvalue weighted by molar-refractivity contribution is -0.118. The lowest BCUT2D eigenvalue weighted by Crippen LogP contribution is -2.09. The predicted molar refractivity (Wildman–Crippen MR) is 105 cm³/mol. The molecule has 0 aromatic heterocycles. The van der Waals surface area contributed by atoms with Gasteiger partial charge in [0.25, 0.3) is 0 Å². The van der Waals surface area contributed by atoms with E-state index in [2.05, 4.69) is 19.1 Å². The Morgan fingerprint density at radius 3 is 1.61 bits per heavy atom. The third-order valence-corrected chi connectivity index (χ3v) is 3.68. The maximum Gasteiger partial charge on any atom is 0.217 e. The van der Waals surface area contributed by atoms with E-state index in [4.69, 9.17) is 28.9 Å². The van der Waals surface area contributed by atoms with Crippen LogP contribution in [0, 0.1) is 0 Å². The lowest BCUT2D eigenvalue weighted by Gasteiger charge is -1.99. The number of rotatable bonds is 15. The Morgan fingerprint density at radius 2 is 1.17 bits per heavy atom. The fourth-order valence-electron chi connectivity index (χ4n) is 2.37. The molecule has 4 heteroatoms. The fraction of sp³-hybridized carbons (Fsp3) is 0.842. The molecule has 2 nitrogen and oxygen atoms in total. The van der Waals surface area contributed by atoms with Crippen LogP contribution in [0.3, 0.4) is 0 Å². The van der Waals surface area contributed by atoms with Gasteiger partial charge in [-0.2, -0.15) is 0 Å². The number of hydrogen-bond donors (Lipinski definition) is 1. The number of allylic oxidation sites excluding steroid dienone is 2. The van der Waals surface area contributed by atoms with Gasteiger partial charge in [0.05, 0.1) is 5.34 Å². The summed E-state index contributed by atoms with van der Waals surface area (Å²) in [5.41, 5.74) is 5.10. The minimum absolute atomic E-state index is 0.164. The SMILES string of the molecule is CCCCCCCC/C=C\CCCCCCCC(N)=O.ClCCl. The molecule has 0 radical (unpaired) electrons. The number of nitrogens with two attached hydrogens (primary N) is 1. The van der Waals surface area contributed by atoms with E-state index in [0.717, 1.165) is 12.8 Å². The van der Waals surface area contributed by atoms with Crippen LogP contribution < -0.4 is 5.73 Å². The molecule has 138 valence electrons. The van der Waals surface area contributed by atoms with Gasteiger partial charge in [0.1, 0.15) is 0 Å². The molecule has 0 unspecified atom stereocenters. The molecule has 0 saturated heterocycles. The molecule has 0 fully saturated rings. The zero-order chi connectivity index (χ0) is 17.6. The molecule has 0 rings (SSSR count). The highest BCUT2D eigenvalue weighted by Crippen LogP contribution is 2.09. The van der Waals surface area contributed by atoms with Crippen LogP contribution in [0.1, 0.15) is 96.8 Å². The highest BCUT2D eigenvalue weighted by Gasteiger charge is 1.94. The van der Waals surface area contributed by atoms with Crippen LogP contribution in [0.5, 0.6) is 0 Å².